The van der Waals surface area contributed by atoms with Gasteiger partial charge in [-0.1, -0.05) is 0 Å². The van der Waals surface area contributed by atoms with E-state index in [1.165, 1.54) is 0 Å². The molecule has 2 rings (SSSR count). The van der Waals surface area contributed by atoms with E-state index in [1.807, 2.05) is 0 Å². The van der Waals surface area contributed by atoms with Gasteiger partial charge >= 0.3 is 11.9 Å². The first-order valence-corrected chi connectivity index (χ1v) is 6.09. The predicted molar refractivity (Wildman–Crippen MR) is 62.4 cm³/mol. The first-order chi connectivity index (χ1) is 9.72. The third-order valence-corrected chi connectivity index (χ3v) is 3.75. The summed E-state index contributed by atoms with van der Waals surface area (Å²) < 4.78 is 19.1. The fourth-order valence-corrected chi connectivity index (χ4v) is 2.60. The van der Waals surface area contributed by atoms with E-state index < -0.39 is 54.2 Å². The van der Waals surface area contributed by atoms with Crippen molar-refractivity contribution in [1.29, 1.82) is 0 Å². The van der Waals surface area contributed by atoms with Crippen LogP contribution in [-0.4, -0.2) is 77.3 Å². The van der Waals surface area contributed by atoms with Gasteiger partial charge in [0, 0.05) is 6.42 Å². The molecule has 118 valence electrons. The van der Waals surface area contributed by atoms with Gasteiger partial charge < -0.3 is 34.3 Å². The normalized spacial score (nSPS) is 43.2. The van der Waals surface area contributed by atoms with Crippen LogP contribution in [0, 0.1) is 6.92 Å². The Morgan fingerprint density at radius 1 is 1.38 bits per heavy atom. The van der Waals surface area contributed by atoms with Crippen molar-refractivity contribution in [1.82, 2.24) is 0 Å². The molecule has 0 aromatic rings. The number of esters is 2. The van der Waals surface area contributed by atoms with Crippen molar-refractivity contribution in [2.24, 2.45) is 0 Å². The minimum Gasteiger partial charge on any atom is -0.467 e. The molecule has 2 aliphatic rings. The van der Waals surface area contributed by atoms with Gasteiger partial charge in [0.05, 0.1) is 20.3 Å². The van der Waals surface area contributed by atoms with Crippen molar-refractivity contribution in [2.75, 3.05) is 14.2 Å². The van der Waals surface area contributed by atoms with Gasteiger partial charge in [0.25, 0.3) is 0 Å². The van der Waals surface area contributed by atoms with E-state index in [0.717, 1.165) is 14.2 Å². The summed E-state index contributed by atoms with van der Waals surface area (Å²) >= 11 is 0. The molecule has 2 heterocycles. The van der Waals surface area contributed by atoms with Crippen LogP contribution >= 0.6 is 0 Å². The number of rotatable bonds is 3. The second kappa shape index (κ2) is 5.18. The van der Waals surface area contributed by atoms with E-state index >= 15 is 0 Å². The molecule has 0 aromatic heterocycles. The van der Waals surface area contributed by atoms with Crippen LogP contribution in [0.1, 0.15) is 6.42 Å². The fraction of sp³-hybridized carbons (Fsp3) is 0.750. The molecule has 0 spiro atoms. The molecule has 2 radical (unpaired) electrons. The number of carbonyl (C=O) groups excluding carboxylic acids is 2. The second-order valence-electron chi connectivity index (χ2n) is 4.90. The fourth-order valence-electron chi connectivity index (χ4n) is 2.60. The number of aliphatic hydroxyl groups is 3. The van der Waals surface area contributed by atoms with Crippen LogP contribution in [0.5, 0.6) is 0 Å². The molecular formula is C12H16O9. The van der Waals surface area contributed by atoms with E-state index in [0.29, 0.717) is 0 Å². The molecule has 9 nitrogen and oxygen atoms in total. The van der Waals surface area contributed by atoms with Gasteiger partial charge in [0.2, 0.25) is 11.4 Å². The molecule has 2 saturated heterocycles. The van der Waals surface area contributed by atoms with Crippen LogP contribution in [-0.2, 0) is 28.5 Å². The third kappa shape index (κ3) is 2.12. The summed E-state index contributed by atoms with van der Waals surface area (Å²) in [5, 5.41) is 30.1. The topological polar surface area (TPSA) is 132 Å². The average Bonchev–Trinajstić information content (AvgIpc) is 2.88. The number of aliphatic hydroxyl groups excluding tert-OH is 2. The zero-order chi connectivity index (χ0) is 16.0. The molecule has 3 N–H and O–H groups in total. The Morgan fingerprint density at radius 3 is 2.48 bits per heavy atom. The maximum atomic E-state index is 12.0. The monoisotopic (exact) mass is 304 g/mol. The summed E-state index contributed by atoms with van der Waals surface area (Å²) in [6, 6.07) is 0. The van der Waals surface area contributed by atoms with E-state index in [2.05, 4.69) is 9.47 Å². The standard InChI is InChI=1S/C12H16O9/c1-5-7(13)12(17)6(20-5)4-11(21-12,10(16)19-3)8(14)9(15)18-2/h1,5-8,13-14,17H,4H2,2-3H3/t5-,6+,7?,8?,11?,12-/m0/s1. The quantitative estimate of drug-likeness (QED) is 0.479. The largest absolute Gasteiger partial charge is 0.467 e. The van der Waals surface area contributed by atoms with Gasteiger partial charge in [-0.05, 0) is 6.92 Å². The molecule has 0 aromatic carbocycles. The minimum absolute atomic E-state index is 0.447. The van der Waals surface area contributed by atoms with Crippen LogP contribution in [0.15, 0.2) is 0 Å². The lowest BCUT2D eigenvalue weighted by Crippen LogP contribution is -2.57. The van der Waals surface area contributed by atoms with Gasteiger partial charge in [-0.15, -0.1) is 0 Å². The lowest BCUT2D eigenvalue weighted by atomic mass is 9.91. The van der Waals surface area contributed by atoms with Gasteiger partial charge in [0.1, 0.15) is 12.2 Å². The molecule has 0 amide bonds. The molecule has 0 saturated carbocycles. The molecule has 3 unspecified atom stereocenters. The Kier molecular flexibility index (Phi) is 3.98. The summed E-state index contributed by atoms with van der Waals surface area (Å²) in [4.78, 5) is 23.5. The van der Waals surface area contributed by atoms with Gasteiger partial charge in [0.15, 0.2) is 6.10 Å². The maximum absolute atomic E-state index is 12.0. The van der Waals surface area contributed by atoms with Crippen LogP contribution in [0.2, 0.25) is 0 Å². The highest BCUT2D eigenvalue weighted by atomic mass is 16.7. The Labute approximate surface area is 120 Å². The predicted octanol–water partition coefficient (Wildman–Crippen LogP) is -2.62. The Bertz CT molecular complexity index is 452. The van der Waals surface area contributed by atoms with Crippen LogP contribution in [0.25, 0.3) is 0 Å². The molecule has 9 heteroatoms. The highest BCUT2D eigenvalue weighted by Gasteiger charge is 2.71. The molecule has 2 fully saturated rings. The van der Waals surface area contributed by atoms with Crippen molar-refractivity contribution < 1.29 is 43.9 Å². The van der Waals surface area contributed by atoms with E-state index in [9.17, 15) is 24.9 Å². The van der Waals surface area contributed by atoms with Crippen molar-refractivity contribution in [3.63, 3.8) is 0 Å². The van der Waals surface area contributed by atoms with Crippen LogP contribution < -0.4 is 0 Å². The van der Waals surface area contributed by atoms with Gasteiger partial charge in [-0.25, -0.2) is 9.59 Å². The average molecular weight is 304 g/mol. The SMILES string of the molecule is [CH][C@@H]1O[C@@H]2CC(C(=O)OC)(C(O)C(=O)OC)O[C@]2(O)C1O. The van der Waals surface area contributed by atoms with Crippen LogP contribution in [0.4, 0.5) is 0 Å². The molecule has 0 bridgehead atoms. The molecule has 6 atom stereocenters. The number of hydrogen-bond donors (Lipinski definition) is 3. The third-order valence-electron chi connectivity index (χ3n) is 3.75. The number of hydrogen-bond acceptors (Lipinski definition) is 9. The number of carbonyl (C=O) groups is 2. The lowest BCUT2D eigenvalue weighted by Gasteiger charge is -2.33. The maximum Gasteiger partial charge on any atom is 0.341 e. The van der Waals surface area contributed by atoms with Crippen molar-refractivity contribution in [3.8, 4) is 0 Å². The summed E-state index contributed by atoms with van der Waals surface area (Å²) in [7, 11) is 2.01. The summed E-state index contributed by atoms with van der Waals surface area (Å²) in [6.07, 6.45) is -6.64. The molecule has 2 aliphatic heterocycles. The molecule has 0 aliphatic carbocycles. The zero-order valence-electron chi connectivity index (χ0n) is 11.4. The highest BCUT2D eigenvalue weighted by Crippen LogP contribution is 2.48. The number of fused-ring (bicyclic) bond motifs is 1. The molecule has 21 heavy (non-hydrogen) atoms. The minimum atomic E-state index is -2.34. The van der Waals surface area contributed by atoms with E-state index in [-0.39, 0.29) is 0 Å². The highest BCUT2D eigenvalue weighted by molar-refractivity contribution is 5.89. The Balaban J connectivity index is 2.38. The zero-order valence-corrected chi connectivity index (χ0v) is 11.4. The first kappa shape index (κ1) is 16.1. The Morgan fingerprint density at radius 2 is 2.00 bits per heavy atom. The summed E-state index contributed by atoms with van der Waals surface area (Å²) in [5.74, 6) is -4.63. The number of ether oxygens (including phenoxy) is 4. The van der Waals surface area contributed by atoms with Crippen molar-refractivity contribution in [2.45, 2.75) is 42.2 Å². The first-order valence-electron chi connectivity index (χ1n) is 6.09. The van der Waals surface area contributed by atoms with E-state index in [1.54, 1.807) is 0 Å². The van der Waals surface area contributed by atoms with Gasteiger partial charge in [-0.2, -0.15) is 0 Å². The van der Waals surface area contributed by atoms with Crippen LogP contribution in [0.3, 0.4) is 0 Å². The number of methoxy groups -OCH3 is 2. The van der Waals surface area contributed by atoms with Gasteiger partial charge in [-0.3, -0.25) is 0 Å². The Hall–Kier alpha value is -1.26. The smallest absolute Gasteiger partial charge is 0.341 e. The second-order valence-corrected chi connectivity index (χ2v) is 4.90. The van der Waals surface area contributed by atoms with Crippen molar-refractivity contribution >= 4 is 11.9 Å². The van der Waals surface area contributed by atoms with Crippen molar-refractivity contribution in [3.05, 3.63) is 6.92 Å². The summed E-state index contributed by atoms with van der Waals surface area (Å²) in [6.45, 7) is 5.43. The summed E-state index contributed by atoms with van der Waals surface area (Å²) in [5.41, 5.74) is -2.26. The molecular weight excluding hydrogens is 288 g/mol. The van der Waals surface area contributed by atoms with E-state index in [4.69, 9.17) is 16.4 Å². The lowest BCUT2D eigenvalue weighted by molar-refractivity contribution is -0.277.